The van der Waals surface area contributed by atoms with Crippen molar-refractivity contribution in [3.05, 3.63) is 10.6 Å². The van der Waals surface area contributed by atoms with Gasteiger partial charge in [-0.05, 0) is 25.7 Å². The van der Waals surface area contributed by atoms with Crippen LogP contribution in [0.1, 0.15) is 70.4 Å². The molecule has 0 spiro atoms. The van der Waals surface area contributed by atoms with Gasteiger partial charge in [0, 0.05) is 12.6 Å². The SMILES string of the molecule is CCCCN(c1nc(C(C)C)c(CO)s1)C(C)CC. The summed E-state index contributed by atoms with van der Waals surface area (Å²) in [6, 6.07) is 0.504. The monoisotopic (exact) mass is 284 g/mol. The summed E-state index contributed by atoms with van der Waals surface area (Å²) in [7, 11) is 0. The van der Waals surface area contributed by atoms with Gasteiger partial charge in [-0.2, -0.15) is 0 Å². The van der Waals surface area contributed by atoms with Crippen molar-refractivity contribution in [2.75, 3.05) is 11.4 Å². The summed E-state index contributed by atoms with van der Waals surface area (Å²) in [6.07, 6.45) is 3.51. The van der Waals surface area contributed by atoms with Crippen LogP contribution < -0.4 is 4.90 Å². The number of thiazole rings is 1. The number of aliphatic hydroxyl groups excluding tert-OH is 1. The van der Waals surface area contributed by atoms with Crippen molar-refractivity contribution in [3.63, 3.8) is 0 Å². The van der Waals surface area contributed by atoms with Gasteiger partial charge < -0.3 is 10.0 Å². The van der Waals surface area contributed by atoms with Crippen molar-refractivity contribution >= 4 is 16.5 Å². The van der Waals surface area contributed by atoms with Gasteiger partial charge in [0.15, 0.2) is 5.13 Å². The zero-order chi connectivity index (χ0) is 14.4. The van der Waals surface area contributed by atoms with E-state index in [9.17, 15) is 5.11 Å². The fraction of sp³-hybridized carbons (Fsp3) is 0.800. The zero-order valence-electron chi connectivity index (χ0n) is 12.9. The molecule has 4 heteroatoms. The molecular formula is C15H28N2OS. The number of aromatic nitrogens is 1. The average Bonchev–Trinajstić information content (AvgIpc) is 2.83. The van der Waals surface area contributed by atoms with Crippen LogP contribution in [0.3, 0.4) is 0 Å². The first kappa shape index (κ1) is 16.4. The van der Waals surface area contributed by atoms with Crippen molar-refractivity contribution in [1.29, 1.82) is 0 Å². The van der Waals surface area contributed by atoms with E-state index in [1.54, 1.807) is 11.3 Å². The third kappa shape index (κ3) is 4.18. The molecule has 0 saturated heterocycles. The van der Waals surface area contributed by atoms with E-state index in [4.69, 9.17) is 4.98 Å². The van der Waals surface area contributed by atoms with Crippen LogP contribution in [0.15, 0.2) is 0 Å². The second kappa shape index (κ2) is 7.85. The predicted octanol–water partition coefficient (Wildman–Crippen LogP) is 4.16. The van der Waals surface area contributed by atoms with Gasteiger partial charge in [0.05, 0.1) is 17.2 Å². The molecule has 19 heavy (non-hydrogen) atoms. The van der Waals surface area contributed by atoms with Crippen molar-refractivity contribution in [2.24, 2.45) is 0 Å². The lowest BCUT2D eigenvalue weighted by molar-refractivity contribution is 0.283. The minimum absolute atomic E-state index is 0.104. The molecular weight excluding hydrogens is 256 g/mol. The largest absolute Gasteiger partial charge is 0.391 e. The van der Waals surface area contributed by atoms with Crippen molar-refractivity contribution in [1.82, 2.24) is 4.98 Å². The van der Waals surface area contributed by atoms with Crippen molar-refractivity contribution < 1.29 is 5.11 Å². The van der Waals surface area contributed by atoms with Gasteiger partial charge in [-0.1, -0.05) is 45.5 Å². The van der Waals surface area contributed by atoms with Crippen LogP contribution in [0, 0.1) is 0 Å². The second-order valence-electron chi connectivity index (χ2n) is 5.42. The Morgan fingerprint density at radius 3 is 2.37 bits per heavy atom. The van der Waals surface area contributed by atoms with Gasteiger partial charge in [0.25, 0.3) is 0 Å². The summed E-state index contributed by atoms with van der Waals surface area (Å²) in [5, 5.41) is 10.6. The Kier molecular flexibility index (Phi) is 6.80. The van der Waals surface area contributed by atoms with Gasteiger partial charge in [-0.15, -0.1) is 0 Å². The number of unbranched alkanes of at least 4 members (excludes halogenated alkanes) is 1. The summed E-state index contributed by atoms with van der Waals surface area (Å²) in [4.78, 5) is 8.21. The Hall–Kier alpha value is -0.610. The second-order valence-corrected chi connectivity index (χ2v) is 6.48. The van der Waals surface area contributed by atoms with E-state index < -0.39 is 0 Å². The third-order valence-corrected chi connectivity index (χ3v) is 4.62. The number of nitrogens with zero attached hydrogens (tertiary/aromatic N) is 2. The Morgan fingerprint density at radius 2 is 1.95 bits per heavy atom. The topological polar surface area (TPSA) is 36.4 Å². The molecule has 1 unspecified atom stereocenters. The lowest BCUT2D eigenvalue weighted by Crippen LogP contribution is -2.33. The quantitative estimate of drug-likeness (QED) is 0.778. The van der Waals surface area contributed by atoms with Crippen LogP contribution in [0.4, 0.5) is 5.13 Å². The van der Waals surface area contributed by atoms with Crippen molar-refractivity contribution in [3.8, 4) is 0 Å². The minimum atomic E-state index is 0.104. The normalized spacial score (nSPS) is 13.0. The predicted molar refractivity (Wildman–Crippen MR) is 84.1 cm³/mol. The van der Waals surface area contributed by atoms with Crippen LogP contribution in [0.25, 0.3) is 0 Å². The first-order valence-corrected chi connectivity index (χ1v) is 8.23. The van der Waals surface area contributed by atoms with Crippen LogP contribution >= 0.6 is 11.3 Å². The fourth-order valence-corrected chi connectivity index (χ4v) is 3.29. The maximum Gasteiger partial charge on any atom is 0.186 e. The Labute approximate surface area is 121 Å². The lowest BCUT2D eigenvalue weighted by atomic mass is 10.1. The van der Waals surface area contributed by atoms with Crippen LogP contribution in [-0.2, 0) is 6.61 Å². The molecule has 1 aromatic rings. The summed E-state index contributed by atoms with van der Waals surface area (Å²) >= 11 is 1.65. The summed E-state index contributed by atoms with van der Waals surface area (Å²) in [5.41, 5.74) is 1.06. The first-order chi connectivity index (χ1) is 9.04. The van der Waals surface area contributed by atoms with E-state index >= 15 is 0 Å². The van der Waals surface area contributed by atoms with E-state index in [0.29, 0.717) is 12.0 Å². The van der Waals surface area contributed by atoms with E-state index in [2.05, 4.69) is 39.5 Å². The first-order valence-electron chi connectivity index (χ1n) is 7.42. The summed E-state index contributed by atoms with van der Waals surface area (Å²) in [6.45, 7) is 12.1. The molecule has 0 aliphatic rings. The average molecular weight is 284 g/mol. The lowest BCUT2D eigenvalue weighted by Gasteiger charge is -2.28. The maximum atomic E-state index is 9.49. The van der Waals surface area contributed by atoms with Gasteiger partial charge in [0.2, 0.25) is 0 Å². The summed E-state index contributed by atoms with van der Waals surface area (Å²) in [5.74, 6) is 0.372. The Bertz CT molecular complexity index is 376. The number of anilines is 1. The number of rotatable bonds is 8. The standard InChI is InChI=1S/C15H28N2OS/c1-6-8-9-17(12(5)7-2)15-16-14(11(3)4)13(10-18)19-15/h11-12,18H,6-10H2,1-5H3. The van der Waals surface area contributed by atoms with Gasteiger partial charge in [-0.3, -0.25) is 0 Å². The van der Waals surface area contributed by atoms with Crippen LogP contribution in [-0.4, -0.2) is 22.7 Å². The molecule has 110 valence electrons. The molecule has 1 aromatic heterocycles. The van der Waals surface area contributed by atoms with E-state index in [1.807, 2.05) is 0 Å². The zero-order valence-corrected chi connectivity index (χ0v) is 13.8. The van der Waals surface area contributed by atoms with Gasteiger partial charge in [-0.25, -0.2) is 4.98 Å². The Morgan fingerprint density at radius 1 is 1.26 bits per heavy atom. The molecule has 0 aromatic carbocycles. The van der Waals surface area contributed by atoms with E-state index in [-0.39, 0.29) is 6.61 Å². The molecule has 0 radical (unpaired) electrons. The van der Waals surface area contributed by atoms with Gasteiger partial charge in [0.1, 0.15) is 0 Å². The molecule has 0 bridgehead atoms. The summed E-state index contributed by atoms with van der Waals surface area (Å²) < 4.78 is 0. The highest BCUT2D eigenvalue weighted by molar-refractivity contribution is 7.15. The smallest absolute Gasteiger partial charge is 0.186 e. The molecule has 0 saturated carbocycles. The molecule has 0 aliphatic heterocycles. The number of hydrogen-bond acceptors (Lipinski definition) is 4. The number of hydrogen-bond donors (Lipinski definition) is 1. The molecule has 1 heterocycles. The minimum Gasteiger partial charge on any atom is -0.391 e. The van der Waals surface area contributed by atoms with Crippen LogP contribution in [0.2, 0.25) is 0 Å². The van der Waals surface area contributed by atoms with Crippen molar-refractivity contribution in [2.45, 2.75) is 72.4 Å². The van der Waals surface area contributed by atoms with E-state index in [1.165, 1.54) is 12.8 Å². The molecule has 1 atom stereocenters. The molecule has 0 fully saturated rings. The van der Waals surface area contributed by atoms with Crippen LogP contribution in [0.5, 0.6) is 0 Å². The highest BCUT2D eigenvalue weighted by Gasteiger charge is 2.20. The molecule has 1 rings (SSSR count). The molecule has 0 aliphatic carbocycles. The van der Waals surface area contributed by atoms with Gasteiger partial charge >= 0.3 is 0 Å². The third-order valence-electron chi connectivity index (χ3n) is 3.53. The molecule has 0 amide bonds. The highest BCUT2D eigenvalue weighted by Crippen LogP contribution is 2.32. The highest BCUT2D eigenvalue weighted by atomic mass is 32.1. The van der Waals surface area contributed by atoms with E-state index in [0.717, 1.165) is 28.7 Å². The maximum absolute atomic E-state index is 9.49. The molecule has 3 nitrogen and oxygen atoms in total. The number of aliphatic hydroxyl groups is 1. The Balaban J connectivity index is 3.01. The fourth-order valence-electron chi connectivity index (χ4n) is 2.09. The molecule has 1 N–H and O–H groups in total.